The van der Waals surface area contributed by atoms with E-state index in [4.69, 9.17) is 0 Å². The Bertz CT molecular complexity index is 3160. The fourth-order valence-corrected chi connectivity index (χ4v) is 9.51. The summed E-state index contributed by atoms with van der Waals surface area (Å²) < 4.78 is 5.07. The van der Waals surface area contributed by atoms with Crippen LogP contribution >= 0.6 is 11.3 Å². The number of hydrogen-bond donors (Lipinski definition) is 0. The van der Waals surface area contributed by atoms with Crippen LogP contribution in [0.5, 0.6) is 0 Å². The normalized spacial score (nSPS) is 11.8. The largest absolute Gasteiger partial charge is 0.308 e. The Kier molecular flexibility index (Phi) is 6.76. The van der Waals surface area contributed by atoms with Gasteiger partial charge in [-0.3, -0.25) is 0 Å². The van der Waals surface area contributed by atoms with Crippen LogP contribution < -0.4 is 4.90 Å². The predicted molar refractivity (Wildman–Crippen MR) is 229 cm³/mol. The lowest BCUT2D eigenvalue weighted by Crippen LogP contribution is -2.11. The number of aromatic nitrogens is 1. The standard InChI is InChI=1S/C50H32N2S/c1-3-12-33(13-4-1)34-24-27-38(28-25-34)51(39-29-30-42-41-18-9-10-21-46(41)53-47(42)32-39)45-20-11-19-43-49-44(52(50(43)45)37-15-5-2-6-16-37)31-26-36-23-22-35-14-7-8-17-40(35)48(36)49/h1-32H. The first kappa shape index (κ1) is 30.0. The van der Waals surface area contributed by atoms with Gasteiger partial charge < -0.3 is 9.47 Å². The van der Waals surface area contributed by atoms with Crippen molar-refractivity contribution in [2.75, 3.05) is 4.90 Å². The van der Waals surface area contributed by atoms with Crippen molar-refractivity contribution in [3.63, 3.8) is 0 Å². The van der Waals surface area contributed by atoms with Gasteiger partial charge in [0.25, 0.3) is 0 Å². The van der Waals surface area contributed by atoms with Crippen LogP contribution in [0.15, 0.2) is 194 Å². The predicted octanol–water partition coefficient (Wildman–Crippen LogP) is 14.6. The Labute approximate surface area is 311 Å². The van der Waals surface area contributed by atoms with Crippen molar-refractivity contribution in [3.8, 4) is 16.8 Å². The molecule has 53 heavy (non-hydrogen) atoms. The number of anilines is 3. The summed E-state index contributed by atoms with van der Waals surface area (Å²) in [6.07, 6.45) is 0. The maximum atomic E-state index is 2.48. The molecule has 248 valence electrons. The Morgan fingerprint density at radius 2 is 1.04 bits per heavy atom. The minimum absolute atomic E-state index is 1.11. The van der Waals surface area contributed by atoms with Crippen molar-refractivity contribution in [2.45, 2.75) is 0 Å². The van der Waals surface area contributed by atoms with E-state index in [-0.39, 0.29) is 0 Å². The lowest BCUT2D eigenvalue weighted by molar-refractivity contribution is 1.17. The van der Waals surface area contributed by atoms with E-state index in [9.17, 15) is 0 Å². The molecule has 0 fully saturated rings. The lowest BCUT2D eigenvalue weighted by atomic mass is 9.97. The van der Waals surface area contributed by atoms with E-state index in [0.29, 0.717) is 0 Å². The average Bonchev–Trinajstić information content (AvgIpc) is 3.78. The zero-order valence-electron chi connectivity index (χ0n) is 28.8. The van der Waals surface area contributed by atoms with Gasteiger partial charge in [0.15, 0.2) is 0 Å². The van der Waals surface area contributed by atoms with Crippen molar-refractivity contribution >= 4 is 91.9 Å². The number of fused-ring (bicyclic) bond motifs is 10. The molecule has 0 aliphatic rings. The number of hydrogen-bond acceptors (Lipinski definition) is 2. The average molecular weight is 693 g/mol. The van der Waals surface area contributed by atoms with Crippen LogP contribution in [-0.2, 0) is 0 Å². The Morgan fingerprint density at radius 3 is 1.89 bits per heavy atom. The molecule has 0 N–H and O–H groups in total. The Balaban J connectivity index is 1.25. The maximum Gasteiger partial charge on any atom is 0.0782 e. The molecular weight excluding hydrogens is 661 g/mol. The number of thiophene rings is 1. The van der Waals surface area contributed by atoms with E-state index in [1.165, 1.54) is 74.6 Å². The summed E-state index contributed by atoms with van der Waals surface area (Å²) in [6.45, 7) is 0. The van der Waals surface area contributed by atoms with Gasteiger partial charge in [-0.05, 0) is 87.3 Å². The summed E-state index contributed by atoms with van der Waals surface area (Å²) in [4.78, 5) is 2.46. The number of nitrogens with zero attached hydrogens (tertiary/aromatic N) is 2. The first-order valence-corrected chi connectivity index (χ1v) is 18.9. The molecule has 2 aromatic heterocycles. The van der Waals surface area contributed by atoms with Crippen LogP contribution in [-0.4, -0.2) is 4.57 Å². The van der Waals surface area contributed by atoms with Gasteiger partial charge in [0, 0.05) is 48.0 Å². The molecule has 0 radical (unpaired) electrons. The fourth-order valence-electron chi connectivity index (χ4n) is 8.37. The molecule has 11 rings (SSSR count). The Morgan fingerprint density at radius 1 is 0.396 bits per heavy atom. The minimum Gasteiger partial charge on any atom is -0.308 e. The Hall–Kier alpha value is -6.68. The van der Waals surface area contributed by atoms with E-state index in [2.05, 4.69) is 204 Å². The monoisotopic (exact) mass is 692 g/mol. The second-order valence-corrected chi connectivity index (χ2v) is 14.8. The molecule has 0 bridgehead atoms. The van der Waals surface area contributed by atoms with Crippen LogP contribution in [0.4, 0.5) is 17.1 Å². The molecule has 0 spiro atoms. The third kappa shape index (κ3) is 4.71. The van der Waals surface area contributed by atoms with E-state index in [1.807, 2.05) is 11.3 Å². The summed E-state index contributed by atoms with van der Waals surface area (Å²) >= 11 is 1.86. The van der Waals surface area contributed by atoms with Crippen molar-refractivity contribution in [1.29, 1.82) is 0 Å². The summed E-state index contributed by atoms with van der Waals surface area (Å²) in [6, 6.07) is 71.0. The maximum absolute atomic E-state index is 2.48. The van der Waals surface area contributed by atoms with Gasteiger partial charge in [-0.2, -0.15) is 0 Å². The summed E-state index contributed by atoms with van der Waals surface area (Å²) in [5, 5.41) is 10.2. The van der Waals surface area contributed by atoms with Gasteiger partial charge in [0.05, 0.1) is 16.7 Å². The fraction of sp³-hybridized carbons (Fsp3) is 0. The third-order valence-electron chi connectivity index (χ3n) is 10.7. The molecule has 0 atom stereocenters. The van der Waals surface area contributed by atoms with Gasteiger partial charge in [0.2, 0.25) is 0 Å². The second kappa shape index (κ2) is 11.9. The molecule has 2 nitrogen and oxygen atoms in total. The van der Waals surface area contributed by atoms with E-state index < -0.39 is 0 Å². The molecule has 0 aliphatic heterocycles. The topological polar surface area (TPSA) is 8.17 Å². The third-order valence-corrected chi connectivity index (χ3v) is 11.9. The molecule has 3 heteroatoms. The van der Waals surface area contributed by atoms with Crippen molar-refractivity contribution in [1.82, 2.24) is 4.57 Å². The smallest absolute Gasteiger partial charge is 0.0782 e. The first-order chi connectivity index (χ1) is 26.3. The highest BCUT2D eigenvalue weighted by Gasteiger charge is 2.23. The van der Waals surface area contributed by atoms with Crippen LogP contribution in [0.1, 0.15) is 0 Å². The highest BCUT2D eigenvalue weighted by molar-refractivity contribution is 7.25. The minimum atomic E-state index is 1.11. The van der Waals surface area contributed by atoms with Crippen LogP contribution in [0.3, 0.4) is 0 Å². The molecule has 0 unspecified atom stereocenters. The SMILES string of the molecule is c1ccc(-c2ccc(N(c3ccc4c(c3)sc3ccccc34)c3cccc4c5c6c(ccc7ccccc76)ccc5n(-c5ccccc5)c34)cc2)cc1. The first-order valence-electron chi connectivity index (χ1n) is 18.1. The summed E-state index contributed by atoms with van der Waals surface area (Å²) in [5.41, 5.74) is 9.29. The van der Waals surface area contributed by atoms with Gasteiger partial charge in [-0.25, -0.2) is 0 Å². The van der Waals surface area contributed by atoms with Crippen LogP contribution in [0.2, 0.25) is 0 Å². The molecule has 0 saturated heterocycles. The highest BCUT2D eigenvalue weighted by atomic mass is 32.1. The van der Waals surface area contributed by atoms with Gasteiger partial charge in [-0.15, -0.1) is 11.3 Å². The van der Waals surface area contributed by atoms with E-state index >= 15 is 0 Å². The molecule has 9 aromatic carbocycles. The van der Waals surface area contributed by atoms with Crippen molar-refractivity contribution < 1.29 is 0 Å². The molecule has 0 saturated carbocycles. The number of rotatable bonds is 5. The highest BCUT2D eigenvalue weighted by Crippen LogP contribution is 2.47. The zero-order chi connectivity index (χ0) is 34.9. The van der Waals surface area contributed by atoms with Gasteiger partial charge >= 0.3 is 0 Å². The van der Waals surface area contributed by atoms with Crippen LogP contribution in [0.25, 0.3) is 80.3 Å². The molecule has 2 heterocycles. The lowest BCUT2D eigenvalue weighted by Gasteiger charge is -2.27. The van der Waals surface area contributed by atoms with Gasteiger partial charge in [-0.1, -0.05) is 140 Å². The number of para-hydroxylation sites is 2. The molecule has 0 amide bonds. The number of benzene rings is 9. The van der Waals surface area contributed by atoms with Crippen LogP contribution in [0, 0.1) is 0 Å². The second-order valence-electron chi connectivity index (χ2n) is 13.7. The zero-order valence-corrected chi connectivity index (χ0v) is 29.6. The summed E-state index contributed by atoms with van der Waals surface area (Å²) in [5.74, 6) is 0. The van der Waals surface area contributed by atoms with Crippen molar-refractivity contribution in [2.24, 2.45) is 0 Å². The van der Waals surface area contributed by atoms with Crippen molar-refractivity contribution in [3.05, 3.63) is 194 Å². The van der Waals surface area contributed by atoms with E-state index in [0.717, 1.165) is 22.7 Å². The van der Waals surface area contributed by atoms with E-state index in [1.54, 1.807) is 0 Å². The molecule has 11 aromatic rings. The molecular formula is C50H32N2S. The quantitative estimate of drug-likeness (QED) is 0.163. The summed E-state index contributed by atoms with van der Waals surface area (Å²) in [7, 11) is 0. The molecule has 0 aliphatic carbocycles. The van der Waals surface area contributed by atoms with Gasteiger partial charge in [0.1, 0.15) is 0 Å².